The van der Waals surface area contributed by atoms with Gasteiger partial charge in [0, 0.05) is 6.54 Å². The lowest BCUT2D eigenvalue weighted by Crippen LogP contribution is -2.37. The van der Waals surface area contributed by atoms with E-state index in [1.54, 1.807) is 13.0 Å². The van der Waals surface area contributed by atoms with Crippen molar-refractivity contribution in [3.63, 3.8) is 0 Å². The van der Waals surface area contributed by atoms with Gasteiger partial charge in [-0.05, 0) is 31.5 Å². The summed E-state index contributed by atoms with van der Waals surface area (Å²) in [6.07, 6.45) is 1.10. The molecule has 0 aliphatic heterocycles. The minimum Gasteiger partial charge on any atom is -0.497 e. The molecule has 1 rings (SSSR count). The SMILES string of the molecule is CCCCNC(=O)C(C)Oc1ccc(OC)cc1C(=O)O. The van der Waals surface area contributed by atoms with Crippen LogP contribution in [0, 0.1) is 0 Å². The maximum absolute atomic E-state index is 11.8. The quantitative estimate of drug-likeness (QED) is 0.717. The number of ether oxygens (including phenoxy) is 2. The van der Waals surface area contributed by atoms with Crippen molar-refractivity contribution in [1.29, 1.82) is 0 Å². The lowest BCUT2D eigenvalue weighted by atomic mass is 10.2. The summed E-state index contributed by atoms with van der Waals surface area (Å²) in [4.78, 5) is 23.0. The fraction of sp³-hybridized carbons (Fsp3) is 0.467. The number of carbonyl (C=O) groups is 2. The highest BCUT2D eigenvalue weighted by Gasteiger charge is 2.19. The van der Waals surface area contributed by atoms with Crippen molar-refractivity contribution in [1.82, 2.24) is 5.32 Å². The Labute approximate surface area is 124 Å². The molecule has 0 aliphatic rings. The lowest BCUT2D eigenvalue weighted by Gasteiger charge is -2.16. The van der Waals surface area contributed by atoms with Crippen molar-refractivity contribution in [2.45, 2.75) is 32.8 Å². The summed E-state index contributed by atoms with van der Waals surface area (Å²) in [6, 6.07) is 4.43. The Morgan fingerprint density at radius 1 is 1.38 bits per heavy atom. The van der Waals surface area contributed by atoms with Crippen molar-refractivity contribution in [2.75, 3.05) is 13.7 Å². The van der Waals surface area contributed by atoms with Crippen LogP contribution in [0.5, 0.6) is 11.5 Å². The summed E-state index contributed by atoms with van der Waals surface area (Å²) in [5, 5.41) is 11.9. The Kier molecular flexibility index (Phi) is 6.52. The van der Waals surface area contributed by atoms with Gasteiger partial charge in [-0.25, -0.2) is 4.79 Å². The van der Waals surface area contributed by atoms with E-state index in [0.717, 1.165) is 12.8 Å². The molecule has 0 aromatic heterocycles. The second kappa shape index (κ2) is 8.14. The summed E-state index contributed by atoms with van der Waals surface area (Å²) < 4.78 is 10.4. The molecule has 0 saturated heterocycles. The van der Waals surface area contributed by atoms with Crippen LogP contribution in [0.25, 0.3) is 0 Å². The van der Waals surface area contributed by atoms with Crippen molar-refractivity contribution in [3.8, 4) is 11.5 Å². The molecule has 0 saturated carbocycles. The van der Waals surface area contributed by atoms with Crippen LogP contribution in [0.3, 0.4) is 0 Å². The third-order valence-corrected chi connectivity index (χ3v) is 2.92. The Balaban J connectivity index is 2.77. The van der Waals surface area contributed by atoms with E-state index in [9.17, 15) is 14.7 Å². The number of methoxy groups -OCH3 is 1. The highest BCUT2D eigenvalue weighted by Crippen LogP contribution is 2.25. The molecule has 1 aromatic rings. The molecular formula is C15H21NO5. The predicted octanol–water partition coefficient (Wildman–Crippen LogP) is 2.08. The number of hydrogen-bond acceptors (Lipinski definition) is 4. The zero-order valence-corrected chi connectivity index (χ0v) is 12.5. The van der Waals surface area contributed by atoms with E-state index in [-0.39, 0.29) is 17.2 Å². The Hall–Kier alpha value is -2.24. The molecule has 6 heteroatoms. The smallest absolute Gasteiger partial charge is 0.339 e. The first-order valence-corrected chi connectivity index (χ1v) is 6.85. The molecule has 21 heavy (non-hydrogen) atoms. The molecule has 1 amide bonds. The third-order valence-electron chi connectivity index (χ3n) is 2.92. The second-order valence-electron chi connectivity index (χ2n) is 4.57. The van der Waals surface area contributed by atoms with Gasteiger partial charge < -0.3 is 19.9 Å². The molecule has 0 spiro atoms. The fourth-order valence-corrected chi connectivity index (χ4v) is 1.68. The van der Waals surface area contributed by atoms with Crippen LogP contribution in [0.1, 0.15) is 37.0 Å². The molecule has 0 radical (unpaired) electrons. The van der Waals surface area contributed by atoms with Crippen LogP contribution in [-0.2, 0) is 4.79 Å². The molecule has 0 aliphatic carbocycles. The van der Waals surface area contributed by atoms with E-state index in [0.29, 0.717) is 12.3 Å². The maximum atomic E-state index is 11.8. The average molecular weight is 295 g/mol. The van der Waals surface area contributed by atoms with Gasteiger partial charge in [-0.2, -0.15) is 0 Å². The first-order valence-electron chi connectivity index (χ1n) is 6.85. The Bertz CT molecular complexity index is 501. The summed E-state index contributed by atoms with van der Waals surface area (Å²) in [5.74, 6) is -0.848. The Morgan fingerprint density at radius 2 is 2.10 bits per heavy atom. The zero-order valence-electron chi connectivity index (χ0n) is 12.5. The minimum absolute atomic E-state index is 0.0393. The number of unbranched alkanes of at least 4 members (excludes halogenated alkanes) is 1. The van der Waals surface area contributed by atoms with E-state index < -0.39 is 12.1 Å². The topological polar surface area (TPSA) is 84.9 Å². The van der Waals surface area contributed by atoms with Crippen LogP contribution < -0.4 is 14.8 Å². The molecule has 6 nitrogen and oxygen atoms in total. The van der Waals surface area contributed by atoms with Gasteiger partial charge in [0.05, 0.1) is 7.11 Å². The van der Waals surface area contributed by atoms with E-state index >= 15 is 0 Å². The number of rotatable bonds is 8. The number of aromatic carboxylic acids is 1. The van der Waals surface area contributed by atoms with Gasteiger partial charge in [-0.15, -0.1) is 0 Å². The van der Waals surface area contributed by atoms with E-state index in [2.05, 4.69) is 5.32 Å². The molecule has 1 aromatic carbocycles. The summed E-state index contributed by atoms with van der Waals surface area (Å²) in [7, 11) is 1.45. The van der Waals surface area contributed by atoms with Gasteiger partial charge in [-0.1, -0.05) is 13.3 Å². The van der Waals surface area contributed by atoms with Gasteiger partial charge in [0.1, 0.15) is 17.1 Å². The number of hydrogen-bond donors (Lipinski definition) is 2. The monoisotopic (exact) mass is 295 g/mol. The van der Waals surface area contributed by atoms with Gasteiger partial charge in [0.15, 0.2) is 6.10 Å². The number of benzene rings is 1. The van der Waals surface area contributed by atoms with E-state index in [1.165, 1.54) is 19.2 Å². The molecule has 0 heterocycles. The maximum Gasteiger partial charge on any atom is 0.339 e. The fourth-order valence-electron chi connectivity index (χ4n) is 1.68. The van der Waals surface area contributed by atoms with Crippen LogP contribution in [0.2, 0.25) is 0 Å². The van der Waals surface area contributed by atoms with Crippen molar-refractivity contribution >= 4 is 11.9 Å². The normalized spacial score (nSPS) is 11.6. The number of nitrogens with one attached hydrogen (secondary N) is 1. The van der Waals surface area contributed by atoms with Crippen molar-refractivity contribution in [3.05, 3.63) is 23.8 Å². The van der Waals surface area contributed by atoms with Crippen LogP contribution in [0.4, 0.5) is 0 Å². The second-order valence-corrected chi connectivity index (χ2v) is 4.57. The van der Waals surface area contributed by atoms with Gasteiger partial charge >= 0.3 is 5.97 Å². The number of carboxylic acids is 1. The Morgan fingerprint density at radius 3 is 2.67 bits per heavy atom. The van der Waals surface area contributed by atoms with E-state index in [1.807, 2.05) is 6.92 Å². The van der Waals surface area contributed by atoms with E-state index in [4.69, 9.17) is 9.47 Å². The predicted molar refractivity (Wildman–Crippen MR) is 78.0 cm³/mol. The average Bonchev–Trinajstić information content (AvgIpc) is 2.47. The summed E-state index contributed by atoms with van der Waals surface area (Å²) >= 11 is 0. The molecular weight excluding hydrogens is 274 g/mol. The number of amides is 1. The first-order chi connectivity index (χ1) is 9.99. The van der Waals surface area contributed by atoms with Crippen LogP contribution in [0.15, 0.2) is 18.2 Å². The van der Waals surface area contributed by atoms with Crippen LogP contribution >= 0.6 is 0 Å². The highest BCUT2D eigenvalue weighted by atomic mass is 16.5. The summed E-state index contributed by atoms with van der Waals surface area (Å²) in [5.41, 5.74) is -0.0393. The molecule has 1 atom stereocenters. The molecule has 1 unspecified atom stereocenters. The largest absolute Gasteiger partial charge is 0.497 e. The summed E-state index contributed by atoms with van der Waals surface area (Å²) in [6.45, 7) is 4.19. The highest BCUT2D eigenvalue weighted by molar-refractivity contribution is 5.91. The van der Waals surface area contributed by atoms with Crippen molar-refractivity contribution in [2.24, 2.45) is 0 Å². The number of carbonyl (C=O) groups excluding carboxylic acids is 1. The molecule has 2 N–H and O–H groups in total. The minimum atomic E-state index is -1.14. The molecule has 0 fully saturated rings. The van der Waals surface area contributed by atoms with Gasteiger partial charge in [0.2, 0.25) is 0 Å². The zero-order chi connectivity index (χ0) is 15.8. The molecule has 0 bridgehead atoms. The lowest BCUT2D eigenvalue weighted by molar-refractivity contribution is -0.127. The molecule has 116 valence electrons. The van der Waals surface area contributed by atoms with Gasteiger partial charge in [0.25, 0.3) is 5.91 Å². The van der Waals surface area contributed by atoms with Gasteiger partial charge in [-0.3, -0.25) is 4.79 Å². The standard InChI is InChI=1S/C15H21NO5/c1-4-5-8-16-14(17)10(2)21-13-7-6-11(20-3)9-12(13)15(18)19/h6-7,9-10H,4-5,8H2,1-3H3,(H,16,17)(H,18,19). The first kappa shape index (κ1) is 16.8. The third kappa shape index (κ3) is 4.98. The van der Waals surface area contributed by atoms with Crippen molar-refractivity contribution < 1.29 is 24.2 Å². The number of carboxylic acid groups (broad SMARTS) is 1. The van der Waals surface area contributed by atoms with Crippen LogP contribution in [-0.4, -0.2) is 36.7 Å².